The van der Waals surface area contributed by atoms with Crippen molar-refractivity contribution in [1.29, 1.82) is 0 Å². The summed E-state index contributed by atoms with van der Waals surface area (Å²) in [6.45, 7) is 7.49. The van der Waals surface area contributed by atoms with E-state index in [4.69, 9.17) is 18.6 Å². The Hall–Kier alpha value is -1.22. The maximum atomic E-state index is 10.4. The van der Waals surface area contributed by atoms with E-state index in [0.29, 0.717) is 32.9 Å². The molecule has 2 rings (SSSR count). The summed E-state index contributed by atoms with van der Waals surface area (Å²) >= 11 is 1.70. The molecular formula is C19H29NO5S. The van der Waals surface area contributed by atoms with Crippen LogP contribution in [0, 0.1) is 0 Å². The Morgan fingerprint density at radius 3 is 2.58 bits per heavy atom. The summed E-state index contributed by atoms with van der Waals surface area (Å²) in [7, 11) is 0. The van der Waals surface area contributed by atoms with Gasteiger partial charge in [-0.3, -0.25) is 4.90 Å². The van der Waals surface area contributed by atoms with Crippen LogP contribution < -0.4 is 0 Å². The van der Waals surface area contributed by atoms with E-state index in [0.717, 1.165) is 12.3 Å². The van der Waals surface area contributed by atoms with E-state index in [-0.39, 0.29) is 12.9 Å². The zero-order valence-corrected chi connectivity index (χ0v) is 16.3. The zero-order chi connectivity index (χ0) is 18.6. The molecule has 0 radical (unpaired) electrons. The molecule has 0 spiro atoms. The van der Waals surface area contributed by atoms with Crippen molar-refractivity contribution in [3.8, 4) is 0 Å². The van der Waals surface area contributed by atoms with Gasteiger partial charge in [0.2, 0.25) is 0 Å². The van der Waals surface area contributed by atoms with Crippen molar-refractivity contribution in [2.75, 3.05) is 32.9 Å². The Labute approximate surface area is 159 Å². The van der Waals surface area contributed by atoms with Gasteiger partial charge in [-0.25, -0.2) is 0 Å². The maximum Gasteiger partial charge on any atom is 0.170 e. The second-order valence-corrected chi connectivity index (χ2v) is 6.89. The van der Waals surface area contributed by atoms with E-state index < -0.39 is 6.10 Å². The summed E-state index contributed by atoms with van der Waals surface area (Å²) < 4.78 is 22.1. The van der Waals surface area contributed by atoms with Gasteiger partial charge in [0.25, 0.3) is 0 Å². The molecule has 0 aliphatic carbocycles. The minimum Gasteiger partial charge on any atom is -0.467 e. The van der Waals surface area contributed by atoms with Gasteiger partial charge in [0.15, 0.2) is 6.29 Å². The van der Waals surface area contributed by atoms with Gasteiger partial charge in [-0.2, -0.15) is 0 Å². The van der Waals surface area contributed by atoms with Crippen LogP contribution in [-0.4, -0.2) is 55.3 Å². The topological polar surface area (TPSA) is 64.3 Å². The first-order valence-electron chi connectivity index (χ1n) is 8.97. The second-order valence-electron chi connectivity index (χ2n) is 5.86. The largest absolute Gasteiger partial charge is 0.467 e. The summed E-state index contributed by atoms with van der Waals surface area (Å²) in [6.07, 6.45) is 0.703. The molecule has 0 bridgehead atoms. The van der Waals surface area contributed by atoms with E-state index in [1.54, 1.807) is 17.6 Å². The molecule has 6 nitrogen and oxygen atoms in total. The molecule has 26 heavy (non-hydrogen) atoms. The summed E-state index contributed by atoms with van der Waals surface area (Å²) in [5.74, 6) is 0.750. The Kier molecular flexibility index (Phi) is 9.91. The molecule has 0 aromatic carbocycles. The monoisotopic (exact) mass is 383 g/mol. The number of aliphatic hydroxyl groups is 1. The molecule has 1 atom stereocenters. The van der Waals surface area contributed by atoms with Crippen LogP contribution in [0.3, 0.4) is 0 Å². The maximum absolute atomic E-state index is 10.4. The van der Waals surface area contributed by atoms with Crippen LogP contribution in [0.1, 0.15) is 24.5 Å². The van der Waals surface area contributed by atoms with E-state index >= 15 is 0 Å². The fraction of sp³-hybridized carbons (Fsp3) is 0.579. The quantitative estimate of drug-likeness (QED) is 0.506. The van der Waals surface area contributed by atoms with Crippen LogP contribution in [0.5, 0.6) is 0 Å². The minimum atomic E-state index is -0.603. The number of nitrogens with zero attached hydrogens (tertiary/aromatic N) is 1. The van der Waals surface area contributed by atoms with Gasteiger partial charge in [-0.05, 0) is 37.4 Å². The molecule has 2 aromatic rings. The molecule has 7 heteroatoms. The van der Waals surface area contributed by atoms with E-state index in [1.165, 1.54) is 4.88 Å². The van der Waals surface area contributed by atoms with Crippen LogP contribution >= 0.6 is 11.3 Å². The predicted octanol–water partition coefficient (Wildman–Crippen LogP) is 3.12. The van der Waals surface area contributed by atoms with Crippen LogP contribution in [0.2, 0.25) is 0 Å². The Morgan fingerprint density at radius 2 is 1.96 bits per heavy atom. The molecule has 1 N–H and O–H groups in total. The van der Waals surface area contributed by atoms with Crippen LogP contribution in [0.4, 0.5) is 0 Å². The average molecular weight is 384 g/mol. The van der Waals surface area contributed by atoms with Gasteiger partial charge >= 0.3 is 0 Å². The highest BCUT2D eigenvalue weighted by Crippen LogP contribution is 2.14. The van der Waals surface area contributed by atoms with Crippen molar-refractivity contribution < 1.29 is 23.7 Å². The number of furan rings is 1. The lowest BCUT2D eigenvalue weighted by atomic mass is 10.3. The third-order valence-electron chi connectivity index (χ3n) is 3.68. The molecule has 0 aliphatic rings. The lowest BCUT2D eigenvalue weighted by Gasteiger charge is -2.28. The number of hydrogen-bond acceptors (Lipinski definition) is 7. The standard InChI is InChI=1S/C19H29NO5S/c1-3-23-19(24-4-2)13-20(12-18-8-6-10-26-18)11-16(21)14-22-15-17-7-5-9-25-17/h5-10,16,19,21H,3-4,11-15H2,1-2H3. The van der Waals surface area contributed by atoms with Crippen molar-refractivity contribution >= 4 is 11.3 Å². The SMILES string of the molecule is CCOC(CN(Cc1cccs1)CC(O)COCc1ccco1)OCC. The minimum absolute atomic E-state index is 0.246. The molecule has 0 fully saturated rings. The van der Waals surface area contributed by atoms with Crippen molar-refractivity contribution in [1.82, 2.24) is 4.90 Å². The smallest absolute Gasteiger partial charge is 0.170 e. The van der Waals surface area contributed by atoms with Gasteiger partial charge in [0.05, 0.1) is 19.0 Å². The lowest BCUT2D eigenvalue weighted by Crippen LogP contribution is -2.40. The number of aliphatic hydroxyl groups excluding tert-OH is 1. The van der Waals surface area contributed by atoms with Crippen LogP contribution in [-0.2, 0) is 27.4 Å². The fourth-order valence-corrected chi connectivity index (χ4v) is 3.35. The van der Waals surface area contributed by atoms with Gasteiger partial charge < -0.3 is 23.7 Å². The summed E-state index contributed by atoms with van der Waals surface area (Å²) in [6, 6.07) is 7.79. The van der Waals surface area contributed by atoms with E-state index in [1.807, 2.05) is 32.0 Å². The number of rotatable bonds is 14. The van der Waals surface area contributed by atoms with Gasteiger partial charge in [-0.1, -0.05) is 6.07 Å². The first-order chi connectivity index (χ1) is 12.7. The highest BCUT2D eigenvalue weighted by atomic mass is 32.1. The fourth-order valence-electron chi connectivity index (χ4n) is 2.60. The van der Waals surface area contributed by atoms with Crippen molar-refractivity contribution in [3.05, 3.63) is 46.5 Å². The van der Waals surface area contributed by atoms with Gasteiger partial charge in [0.1, 0.15) is 12.4 Å². The molecule has 0 amide bonds. The summed E-state index contributed by atoms with van der Waals surface area (Å²) in [5, 5.41) is 12.4. The first-order valence-corrected chi connectivity index (χ1v) is 9.85. The average Bonchev–Trinajstić information content (AvgIpc) is 3.29. The van der Waals surface area contributed by atoms with Crippen LogP contribution in [0.15, 0.2) is 40.3 Å². The summed E-state index contributed by atoms with van der Waals surface area (Å²) in [4.78, 5) is 3.38. The third-order valence-corrected chi connectivity index (χ3v) is 4.54. The molecule has 0 saturated heterocycles. The molecule has 146 valence electrons. The van der Waals surface area contributed by atoms with Crippen molar-refractivity contribution in [2.24, 2.45) is 0 Å². The van der Waals surface area contributed by atoms with Crippen molar-refractivity contribution in [2.45, 2.75) is 39.4 Å². The normalized spacial score (nSPS) is 13.0. The van der Waals surface area contributed by atoms with Gasteiger partial charge in [0, 0.05) is 37.7 Å². The third kappa shape index (κ3) is 7.99. The molecule has 2 aromatic heterocycles. The number of ether oxygens (including phenoxy) is 3. The highest BCUT2D eigenvalue weighted by Gasteiger charge is 2.19. The second kappa shape index (κ2) is 12.2. The van der Waals surface area contributed by atoms with E-state index in [9.17, 15) is 5.11 Å². The Morgan fingerprint density at radius 1 is 1.15 bits per heavy atom. The van der Waals surface area contributed by atoms with Gasteiger partial charge in [-0.15, -0.1) is 11.3 Å². The molecular weight excluding hydrogens is 354 g/mol. The summed E-state index contributed by atoms with van der Waals surface area (Å²) in [5.41, 5.74) is 0. The zero-order valence-electron chi connectivity index (χ0n) is 15.5. The highest BCUT2D eigenvalue weighted by molar-refractivity contribution is 7.09. The van der Waals surface area contributed by atoms with Crippen LogP contribution in [0.25, 0.3) is 0 Å². The first kappa shape index (κ1) is 21.1. The van der Waals surface area contributed by atoms with Crippen molar-refractivity contribution in [3.63, 3.8) is 0 Å². The number of thiophene rings is 1. The molecule has 0 aliphatic heterocycles. The molecule has 1 unspecified atom stereocenters. The Bertz CT molecular complexity index is 555. The molecule has 2 heterocycles. The van der Waals surface area contributed by atoms with E-state index in [2.05, 4.69) is 16.3 Å². The molecule has 0 saturated carbocycles. The Balaban J connectivity index is 1.84. The number of hydrogen-bond donors (Lipinski definition) is 1. The predicted molar refractivity (Wildman–Crippen MR) is 101 cm³/mol. The lowest BCUT2D eigenvalue weighted by molar-refractivity contribution is -0.150.